The van der Waals surface area contributed by atoms with E-state index in [1.165, 1.54) is 28.0 Å². The minimum Gasteiger partial charge on any atom is -0.360 e. The number of aromatic nitrogens is 2. The quantitative estimate of drug-likeness (QED) is 0.635. The number of carbonyl (C=O) groups is 1. The minimum absolute atomic E-state index is 0.150. The number of nitrogens with zero attached hydrogens (tertiary/aromatic N) is 3. The standard InChI is InChI=1S/C17H26N4OS3/c1-11(2)21(12(3)4)15(22)13(5)24-17-20-19-16(25-17)18-9-8-14-7-6-10-23-14/h6-7,10-13H,8-9H2,1-5H3,(H,18,19)/t13-/m0/s1. The topological polar surface area (TPSA) is 58.1 Å². The van der Waals surface area contributed by atoms with E-state index in [-0.39, 0.29) is 23.2 Å². The van der Waals surface area contributed by atoms with Gasteiger partial charge in [-0.3, -0.25) is 4.79 Å². The Morgan fingerprint density at radius 1 is 1.24 bits per heavy atom. The second kappa shape index (κ2) is 9.54. The highest BCUT2D eigenvalue weighted by Gasteiger charge is 2.26. The molecule has 1 N–H and O–H groups in total. The van der Waals surface area contributed by atoms with Gasteiger partial charge in [0, 0.05) is 23.5 Å². The minimum atomic E-state index is -0.170. The van der Waals surface area contributed by atoms with Crippen LogP contribution < -0.4 is 5.32 Å². The van der Waals surface area contributed by atoms with Crippen molar-refractivity contribution in [2.75, 3.05) is 11.9 Å². The number of amides is 1. The molecule has 2 aromatic rings. The Morgan fingerprint density at radius 2 is 1.96 bits per heavy atom. The lowest BCUT2D eigenvalue weighted by atomic mass is 10.2. The average molecular weight is 399 g/mol. The molecule has 0 unspecified atom stereocenters. The molecule has 0 aliphatic heterocycles. The van der Waals surface area contributed by atoms with Gasteiger partial charge >= 0.3 is 0 Å². The molecule has 0 aromatic carbocycles. The van der Waals surface area contributed by atoms with Gasteiger partial charge in [0.25, 0.3) is 0 Å². The van der Waals surface area contributed by atoms with Gasteiger partial charge in [0.2, 0.25) is 11.0 Å². The molecule has 0 radical (unpaired) electrons. The van der Waals surface area contributed by atoms with E-state index in [2.05, 4.69) is 60.7 Å². The molecule has 0 aliphatic carbocycles. The van der Waals surface area contributed by atoms with Crippen LogP contribution in [0.1, 0.15) is 39.5 Å². The normalized spacial score (nSPS) is 12.6. The highest BCUT2D eigenvalue weighted by Crippen LogP contribution is 2.30. The first-order chi connectivity index (χ1) is 11.9. The van der Waals surface area contributed by atoms with Crippen molar-refractivity contribution in [2.45, 2.75) is 62.7 Å². The second-order valence-corrected chi connectivity index (χ2v) is 9.92. The van der Waals surface area contributed by atoms with Crippen molar-refractivity contribution >= 4 is 45.5 Å². The van der Waals surface area contributed by atoms with Crippen LogP contribution in [0.25, 0.3) is 0 Å². The molecular weight excluding hydrogens is 372 g/mol. The molecular formula is C17H26N4OS3. The van der Waals surface area contributed by atoms with Gasteiger partial charge in [-0.15, -0.1) is 21.5 Å². The Hall–Kier alpha value is -1.12. The Balaban J connectivity index is 1.85. The first-order valence-electron chi connectivity index (χ1n) is 8.47. The number of carbonyl (C=O) groups excluding carboxylic acids is 1. The van der Waals surface area contributed by atoms with Gasteiger partial charge in [0.05, 0.1) is 5.25 Å². The third-order valence-electron chi connectivity index (χ3n) is 3.63. The predicted octanol–water partition coefficient (Wildman–Crippen LogP) is 4.38. The molecule has 1 atom stereocenters. The van der Waals surface area contributed by atoms with E-state index in [1.807, 2.05) is 11.8 Å². The molecule has 2 heterocycles. The smallest absolute Gasteiger partial charge is 0.236 e. The van der Waals surface area contributed by atoms with Crippen LogP contribution >= 0.6 is 34.4 Å². The maximum absolute atomic E-state index is 12.7. The molecule has 0 bridgehead atoms. The van der Waals surface area contributed by atoms with Crippen molar-refractivity contribution in [1.82, 2.24) is 15.1 Å². The molecule has 25 heavy (non-hydrogen) atoms. The van der Waals surface area contributed by atoms with Gasteiger partial charge in [-0.25, -0.2) is 0 Å². The fourth-order valence-corrected chi connectivity index (χ4v) is 5.28. The number of rotatable bonds is 9. The van der Waals surface area contributed by atoms with Crippen LogP contribution in [0.15, 0.2) is 21.9 Å². The van der Waals surface area contributed by atoms with Gasteiger partial charge in [-0.05, 0) is 52.5 Å². The molecule has 0 fully saturated rings. The number of hydrogen-bond acceptors (Lipinski definition) is 7. The van der Waals surface area contributed by atoms with Gasteiger partial charge in [-0.1, -0.05) is 29.2 Å². The largest absolute Gasteiger partial charge is 0.360 e. The number of nitrogens with one attached hydrogen (secondary N) is 1. The van der Waals surface area contributed by atoms with Crippen LogP contribution in [0.4, 0.5) is 5.13 Å². The summed E-state index contributed by atoms with van der Waals surface area (Å²) in [5, 5.41) is 14.4. The zero-order chi connectivity index (χ0) is 18.4. The van der Waals surface area contributed by atoms with Crippen LogP contribution in [0, 0.1) is 0 Å². The third kappa shape index (κ3) is 5.97. The van der Waals surface area contributed by atoms with Gasteiger partial charge in [-0.2, -0.15) is 0 Å². The van der Waals surface area contributed by atoms with E-state index in [1.54, 1.807) is 11.3 Å². The number of anilines is 1. The predicted molar refractivity (Wildman–Crippen MR) is 109 cm³/mol. The summed E-state index contributed by atoms with van der Waals surface area (Å²) in [5.41, 5.74) is 0. The molecule has 0 saturated carbocycles. The van der Waals surface area contributed by atoms with Crippen molar-refractivity contribution in [1.29, 1.82) is 0 Å². The van der Waals surface area contributed by atoms with Crippen molar-refractivity contribution in [3.63, 3.8) is 0 Å². The number of thioether (sulfide) groups is 1. The second-order valence-electron chi connectivity index (χ2n) is 6.32. The van der Waals surface area contributed by atoms with E-state index < -0.39 is 0 Å². The van der Waals surface area contributed by atoms with E-state index >= 15 is 0 Å². The van der Waals surface area contributed by atoms with E-state index in [0.29, 0.717) is 0 Å². The van der Waals surface area contributed by atoms with Crippen molar-refractivity contribution in [2.24, 2.45) is 0 Å². The third-order valence-corrected chi connectivity index (χ3v) is 6.62. The molecule has 0 saturated heterocycles. The fourth-order valence-electron chi connectivity index (χ4n) is 2.59. The Bertz CT molecular complexity index is 647. The zero-order valence-electron chi connectivity index (χ0n) is 15.4. The lowest BCUT2D eigenvalue weighted by Gasteiger charge is -2.32. The van der Waals surface area contributed by atoms with Crippen LogP contribution in [-0.2, 0) is 11.2 Å². The maximum atomic E-state index is 12.7. The van der Waals surface area contributed by atoms with E-state index in [0.717, 1.165) is 22.4 Å². The highest BCUT2D eigenvalue weighted by molar-refractivity contribution is 8.02. The van der Waals surface area contributed by atoms with Crippen molar-refractivity contribution in [3.05, 3.63) is 22.4 Å². The summed E-state index contributed by atoms with van der Waals surface area (Å²) in [6.45, 7) is 11.0. The van der Waals surface area contributed by atoms with Crippen molar-refractivity contribution in [3.8, 4) is 0 Å². The van der Waals surface area contributed by atoms with Gasteiger partial charge in [0.15, 0.2) is 4.34 Å². The summed E-state index contributed by atoms with van der Waals surface area (Å²) in [4.78, 5) is 16.0. The van der Waals surface area contributed by atoms with Crippen LogP contribution in [0.5, 0.6) is 0 Å². The summed E-state index contributed by atoms with van der Waals surface area (Å²) < 4.78 is 0.826. The van der Waals surface area contributed by atoms with Crippen LogP contribution in [0.3, 0.4) is 0 Å². The number of hydrogen-bond donors (Lipinski definition) is 1. The zero-order valence-corrected chi connectivity index (χ0v) is 17.8. The molecule has 138 valence electrons. The Labute approximate surface area is 162 Å². The summed E-state index contributed by atoms with van der Waals surface area (Å²) in [6.07, 6.45) is 0.979. The lowest BCUT2D eigenvalue weighted by molar-refractivity contribution is -0.133. The summed E-state index contributed by atoms with van der Waals surface area (Å²) in [7, 11) is 0. The average Bonchev–Trinajstić information content (AvgIpc) is 3.18. The summed E-state index contributed by atoms with van der Waals surface area (Å²) >= 11 is 4.75. The molecule has 1 amide bonds. The highest BCUT2D eigenvalue weighted by atomic mass is 32.2. The molecule has 0 spiro atoms. The van der Waals surface area contributed by atoms with Crippen LogP contribution in [0.2, 0.25) is 0 Å². The fraction of sp³-hybridized carbons (Fsp3) is 0.588. The molecule has 0 aliphatic rings. The Morgan fingerprint density at radius 3 is 2.56 bits per heavy atom. The van der Waals surface area contributed by atoms with Crippen molar-refractivity contribution < 1.29 is 4.79 Å². The summed E-state index contributed by atoms with van der Waals surface area (Å²) in [5.74, 6) is 0.150. The molecule has 2 rings (SSSR count). The van der Waals surface area contributed by atoms with E-state index in [4.69, 9.17) is 0 Å². The maximum Gasteiger partial charge on any atom is 0.236 e. The van der Waals surface area contributed by atoms with Gasteiger partial charge in [0.1, 0.15) is 0 Å². The van der Waals surface area contributed by atoms with E-state index in [9.17, 15) is 4.79 Å². The summed E-state index contributed by atoms with van der Waals surface area (Å²) in [6, 6.07) is 4.59. The van der Waals surface area contributed by atoms with Gasteiger partial charge < -0.3 is 10.2 Å². The molecule has 2 aromatic heterocycles. The molecule has 8 heteroatoms. The monoisotopic (exact) mass is 398 g/mol. The first kappa shape index (κ1) is 20.2. The first-order valence-corrected chi connectivity index (χ1v) is 11.0. The molecule has 5 nitrogen and oxygen atoms in total. The Kier molecular flexibility index (Phi) is 7.71. The van der Waals surface area contributed by atoms with Crippen LogP contribution in [-0.4, -0.2) is 44.9 Å². The number of thiophene rings is 1. The lowest BCUT2D eigenvalue weighted by Crippen LogP contribution is -2.45. The SMILES string of the molecule is CC(C)N(C(=O)[C@H](C)Sc1nnc(NCCc2cccs2)s1)C(C)C.